The van der Waals surface area contributed by atoms with Crippen LogP contribution in [0.25, 0.3) is 111 Å². The Morgan fingerprint density at radius 1 is 0.250 bits per heavy atom. The van der Waals surface area contributed by atoms with E-state index in [0.29, 0.717) is 0 Å². The normalized spacial score (nSPS) is 11.9. The zero-order valence-corrected chi connectivity index (χ0v) is 35.6. The van der Waals surface area contributed by atoms with Gasteiger partial charge in [0.25, 0.3) is 0 Å². The Bertz CT molecular complexity index is 3670. The molecular weight excluding hydrogens is 777 g/mol. The fraction of sp³-hybridized carbons (Fsp3) is 0.0333. The van der Waals surface area contributed by atoms with E-state index in [1.807, 2.05) is 0 Å². The minimum Gasteiger partial charge on any atom is -0.309 e. The van der Waals surface area contributed by atoms with Crippen LogP contribution in [0.5, 0.6) is 0 Å². The third kappa shape index (κ3) is 5.56. The Balaban J connectivity index is 1.07. The molecule has 13 aromatic rings. The summed E-state index contributed by atoms with van der Waals surface area (Å²) in [5.74, 6) is 0. The van der Waals surface area contributed by atoms with Gasteiger partial charge in [0.2, 0.25) is 0 Å². The SMILES string of the molecule is Cc1ccc(-c2cc3cc4c(cc(-c5ccc(C)cc5)n4-c4ccc5c(c4)c4ccccc4n5-c4ccccc4)cc3n2-c2ccc3c(c2)c2ccccc2n3-c2ccccc2)cc1. The molecule has 0 unspecified atom stereocenters. The van der Waals surface area contributed by atoms with Gasteiger partial charge in [-0.05, 0) is 122 Å². The lowest BCUT2D eigenvalue weighted by Gasteiger charge is -2.14. The molecule has 0 atom stereocenters. The summed E-state index contributed by atoms with van der Waals surface area (Å²) in [6.45, 7) is 4.31. The smallest absolute Gasteiger partial charge is 0.0542 e. The van der Waals surface area contributed by atoms with Gasteiger partial charge in [0, 0.05) is 55.1 Å². The molecule has 0 saturated carbocycles. The maximum atomic E-state index is 2.47. The van der Waals surface area contributed by atoms with Gasteiger partial charge in [-0.25, -0.2) is 0 Å². The first-order chi connectivity index (χ1) is 31.6. The third-order valence-electron chi connectivity index (χ3n) is 13.3. The molecule has 0 bridgehead atoms. The summed E-state index contributed by atoms with van der Waals surface area (Å²) in [7, 11) is 0. The van der Waals surface area contributed by atoms with Gasteiger partial charge in [0.15, 0.2) is 0 Å². The van der Waals surface area contributed by atoms with Crippen molar-refractivity contribution in [3.63, 3.8) is 0 Å². The van der Waals surface area contributed by atoms with Crippen molar-refractivity contribution in [2.75, 3.05) is 0 Å². The van der Waals surface area contributed by atoms with Gasteiger partial charge in [-0.3, -0.25) is 0 Å². The second-order valence-corrected chi connectivity index (χ2v) is 17.2. The molecule has 9 aromatic carbocycles. The summed E-state index contributed by atoms with van der Waals surface area (Å²) >= 11 is 0. The second kappa shape index (κ2) is 14.1. The van der Waals surface area contributed by atoms with Crippen molar-refractivity contribution in [1.29, 1.82) is 0 Å². The Morgan fingerprint density at radius 2 is 0.625 bits per heavy atom. The van der Waals surface area contributed by atoms with Crippen molar-refractivity contribution in [3.05, 3.63) is 230 Å². The van der Waals surface area contributed by atoms with E-state index < -0.39 is 0 Å². The first kappa shape index (κ1) is 36.3. The van der Waals surface area contributed by atoms with Crippen molar-refractivity contribution < 1.29 is 0 Å². The van der Waals surface area contributed by atoms with Crippen LogP contribution in [-0.4, -0.2) is 18.3 Å². The number of rotatable bonds is 6. The Labute approximate surface area is 370 Å². The number of hydrogen-bond donors (Lipinski definition) is 0. The lowest BCUT2D eigenvalue weighted by molar-refractivity contribution is 1.13. The van der Waals surface area contributed by atoms with Gasteiger partial charge in [-0.1, -0.05) is 132 Å². The summed E-state index contributed by atoms with van der Waals surface area (Å²) in [4.78, 5) is 0. The molecule has 0 aliphatic heterocycles. The number of para-hydroxylation sites is 4. The summed E-state index contributed by atoms with van der Waals surface area (Å²) in [5, 5.41) is 7.31. The van der Waals surface area contributed by atoms with Crippen LogP contribution in [0.15, 0.2) is 218 Å². The Hall–Kier alpha value is -8.34. The highest BCUT2D eigenvalue weighted by atomic mass is 15.0. The highest BCUT2D eigenvalue weighted by Gasteiger charge is 2.21. The fourth-order valence-corrected chi connectivity index (χ4v) is 10.3. The molecule has 4 nitrogen and oxygen atoms in total. The van der Waals surface area contributed by atoms with Crippen LogP contribution in [-0.2, 0) is 0 Å². The number of benzene rings is 9. The topological polar surface area (TPSA) is 19.7 Å². The number of hydrogen-bond acceptors (Lipinski definition) is 0. The van der Waals surface area contributed by atoms with E-state index in [-0.39, 0.29) is 0 Å². The van der Waals surface area contributed by atoms with Crippen LogP contribution < -0.4 is 0 Å². The van der Waals surface area contributed by atoms with Crippen LogP contribution in [0, 0.1) is 13.8 Å². The summed E-state index contributed by atoms with van der Waals surface area (Å²) < 4.78 is 9.72. The van der Waals surface area contributed by atoms with Gasteiger partial charge in [-0.15, -0.1) is 0 Å². The molecular formula is C60H42N4. The number of nitrogens with zero attached hydrogens (tertiary/aromatic N) is 4. The van der Waals surface area contributed by atoms with E-state index in [9.17, 15) is 0 Å². The van der Waals surface area contributed by atoms with E-state index in [0.717, 1.165) is 34.1 Å². The van der Waals surface area contributed by atoms with Crippen molar-refractivity contribution in [2.45, 2.75) is 13.8 Å². The molecule has 302 valence electrons. The van der Waals surface area contributed by atoms with Gasteiger partial charge >= 0.3 is 0 Å². The first-order valence-corrected chi connectivity index (χ1v) is 22.1. The largest absolute Gasteiger partial charge is 0.309 e. The predicted molar refractivity (Wildman–Crippen MR) is 269 cm³/mol. The van der Waals surface area contributed by atoms with E-state index in [4.69, 9.17) is 0 Å². The Kier molecular flexibility index (Phi) is 8.00. The lowest BCUT2D eigenvalue weighted by Crippen LogP contribution is -1.98. The molecule has 0 saturated heterocycles. The van der Waals surface area contributed by atoms with Crippen molar-refractivity contribution in [3.8, 4) is 45.3 Å². The average molecular weight is 819 g/mol. The van der Waals surface area contributed by atoms with Crippen LogP contribution in [0.3, 0.4) is 0 Å². The van der Waals surface area contributed by atoms with E-state index in [1.54, 1.807) is 0 Å². The molecule has 0 radical (unpaired) electrons. The molecule has 13 rings (SSSR count). The van der Waals surface area contributed by atoms with Gasteiger partial charge in [-0.2, -0.15) is 0 Å². The van der Waals surface area contributed by atoms with E-state index in [2.05, 4.69) is 251 Å². The number of aryl methyl sites for hydroxylation is 2. The zero-order chi connectivity index (χ0) is 42.5. The highest BCUT2D eigenvalue weighted by molar-refractivity contribution is 6.12. The molecule has 0 aliphatic rings. The molecule has 4 heteroatoms. The van der Waals surface area contributed by atoms with Crippen LogP contribution >= 0.6 is 0 Å². The number of fused-ring (bicyclic) bond motifs is 8. The Morgan fingerprint density at radius 3 is 1.05 bits per heavy atom. The average Bonchev–Trinajstić information content (AvgIpc) is 4.09. The molecule has 0 spiro atoms. The summed E-state index contributed by atoms with van der Waals surface area (Å²) in [6, 6.07) is 80.5. The summed E-state index contributed by atoms with van der Waals surface area (Å²) in [5.41, 5.74) is 18.9. The maximum absolute atomic E-state index is 2.47. The van der Waals surface area contributed by atoms with Crippen LogP contribution in [0.1, 0.15) is 11.1 Å². The quantitative estimate of drug-likeness (QED) is 0.159. The molecule has 4 aromatic heterocycles. The monoisotopic (exact) mass is 818 g/mol. The van der Waals surface area contributed by atoms with Gasteiger partial charge in [0.05, 0.1) is 44.5 Å². The van der Waals surface area contributed by atoms with Crippen molar-refractivity contribution >= 4 is 65.4 Å². The number of aromatic nitrogens is 4. The second-order valence-electron chi connectivity index (χ2n) is 17.2. The zero-order valence-electron chi connectivity index (χ0n) is 35.6. The van der Waals surface area contributed by atoms with Gasteiger partial charge < -0.3 is 18.3 Å². The maximum Gasteiger partial charge on any atom is 0.0542 e. The molecule has 4 heterocycles. The summed E-state index contributed by atoms with van der Waals surface area (Å²) in [6.07, 6.45) is 0. The van der Waals surface area contributed by atoms with Crippen LogP contribution in [0.4, 0.5) is 0 Å². The van der Waals surface area contributed by atoms with E-state index >= 15 is 0 Å². The highest BCUT2D eigenvalue weighted by Crippen LogP contribution is 2.42. The predicted octanol–water partition coefficient (Wildman–Crippen LogP) is 15.7. The van der Waals surface area contributed by atoms with Crippen molar-refractivity contribution in [2.24, 2.45) is 0 Å². The molecule has 0 amide bonds. The minimum atomic E-state index is 1.13. The third-order valence-corrected chi connectivity index (χ3v) is 13.3. The fourth-order valence-electron chi connectivity index (χ4n) is 10.3. The van der Waals surface area contributed by atoms with Crippen molar-refractivity contribution in [1.82, 2.24) is 18.3 Å². The lowest BCUT2D eigenvalue weighted by atomic mass is 10.1. The molecule has 0 fully saturated rings. The standard InChI is InChI=1S/C60H42N4/c1-39-21-25-41(26-22-39)57-33-43-35-60-44(36-59(43)63(57)47-29-31-55-51(37-47)49-17-9-11-19-53(49)61(55)45-13-5-3-6-14-45)34-58(42-27-23-40(2)24-28-42)64(60)48-30-32-56-52(38-48)50-18-10-12-20-54(50)62(56)46-15-7-4-8-16-46/h3-38H,1-2H3. The molecule has 64 heavy (non-hydrogen) atoms. The minimum absolute atomic E-state index is 1.13. The van der Waals surface area contributed by atoms with E-state index in [1.165, 1.54) is 87.7 Å². The molecule has 0 N–H and O–H groups in total. The van der Waals surface area contributed by atoms with Gasteiger partial charge in [0.1, 0.15) is 0 Å². The molecule has 0 aliphatic carbocycles. The first-order valence-electron chi connectivity index (χ1n) is 22.1. The van der Waals surface area contributed by atoms with Crippen LogP contribution in [0.2, 0.25) is 0 Å².